The molecule has 112 valence electrons. The van der Waals surface area contributed by atoms with Crippen molar-refractivity contribution >= 4 is 17.6 Å². The first-order valence-electron chi connectivity index (χ1n) is 6.28. The molecule has 1 aromatic rings. The predicted octanol–water partition coefficient (Wildman–Crippen LogP) is 1.15. The Morgan fingerprint density at radius 1 is 1.48 bits per heavy atom. The topological polar surface area (TPSA) is 110 Å². The molecule has 0 bridgehead atoms. The highest BCUT2D eigenvalue weighted by Crippen LogP contribution is 2.27. The number of likely N-dealkylation sites (tertiary alicyclic amines) is 1. The van der Waals surface area contributed by atoms with Crippen LogP contribution in [0.1, 0.15) is 16.8 Å². The Hall–Kier alpha value is -2.64. The number of aliphatic carboxylic acids is 1. The van der Waals surface area contributed by atoms with Crippen LogP contribution in [0.15, 0.2) is 18.2 Å². The number of carbonyl (C=O) groups is 2. The monoisotopic (exact) mass is 294 g/mol. The highest BCUT2D eigenvalue weighted by molar-refractivity contribution is 5.97. The summed E-state index contributed by atoms with van der Waals surface area (Å²) in [5, 5.41) is 19.7. The lowest BCUT2D eigenvalue weighted by Gasteiger charge is -2.17. The van der Waals surface area contributed by atoms with Crippen LogP contribution in [0.3, 0.4) is 0 Å². The molecule has 21 heavy (non-hydrogen) atoms. The van der Waals surface area contributed by atoms with Gasteiger partial charge in [-0.25, -0.2) is 0 Å². The third-order valence-electron chi connectivity index (χ3n) is 3.45. The first kappa shape index (κ1) is 14.8. The van der Waals surface area contributed by atoms with E-state index in [0.29, 0.717) is 13.0 Å². The smallest absolute Gasteiger partial charge is 0.308 e. The molecule has 0 spiro atoms. The van der Waals surface area contributed by atoms with Gasteiger partial charge in [0.2, 0.25) is 0 Å². The van der Waals surface area contributed by atoms with Crippen LogP contribution >= 0.6 is 0 Å². The Balaban J connectivity index is 2.23. The molecule has 1 fully saturated rings. The largest absolute Gasteiger partial charge is 0.496 e. The maximum atomic E-state index is 12.4. The van der Waals surface area contributed by atoms with Gasteiger partial charge in [0.05, 0.1) is 29.6 Å². The van der Waals surface area contributed by atoms with Crippen LogP contribution in [-0.4, -0.2) is 47.0 Å². The van der Waals surface area contributed by atoms with Crippen molar-refractivity contribution in [3.8, 4) is 5.75 Å². The summed E-state index contributed by atoms with van der Waals surface area (Å²) in [6.07, 6.45) is 0.399. The highest BCUT2D eigenvalue weighted by atomic mass is 16.6. The molecule has 1 aliphatic heterocycles. The molecule has 1 heterocycles. The number of nitro benzene ring substituents is 1. The van der Waals surface area contributed by atoms with Crippen molar-refractivity contribution in [1.29, 1.82) is 0 Å². The molecule has 2 rings (SSSR count). The fourth-order valence-electron chi connectivity index (χ4n) is 2.29. The van der Waals surface area contributed by atoms with E-state index in [-0.39, 0.29) is 29.5 Å². The van der Waals surface area contributed by atoms with Crippen molar-refractivity contribution in [3.63, 3.8) is 0 Å². The van der Waals surface area contributed by atoms with Gasteiger partial charge in [-0.05, 0) is 12.5 Å². The zero-order chi connectivity index (χ0) is 15.6. The van der Waals surface area contributed by atoms with E-state index in [9.17, 15) is 19.7 Å². The van der Waals surface area contributed by atoms with E-state index in [1.165, 1.54) is 30.2 Å². The number of amides is 1. The first-order chi connectivity index (χ1) is 9.93. The minimum Gasteiger partial charge on any atom is -0.496 e. The number of non-ortho nitro benzene ring substituents is 1. The number of methoxy groups -OCH3 is 1. The van der Waals surface area contributed by atoms with E-state index in [1.807, 2.05) is 0 Å². The summed E-state index contributed by atoms with van der Waals surface area (Å²) in [5.41, 5.74) is 0.0161. The van der Waals surface area contributed by atoms with E-state index in [2.05, 4.69) is 0 Å². The summed E-state index contributed by atoms with van der Waals surface area (Å²) in [4.78, 5) is 34.8. The molecule has 1 saturated heterocycles. The Kier molecular flexibility index (Phi) is 4.06. The van der Waals surface area contributed by atoms with E-state index < -0.39 is 16.8 Å². The fraction of sp³-hybridized carbons (Fsp3) is 0.385. The third-order valence-corrected chi connectivity index (χ3v) is 3.45. The summed E-state index contributed by atoms with van der Waals surface area (Å²) in [7, 11) is 1.32. The van der Waals surface area contributed by atoms with Gasteiger partial charge in [0.25, 0.3) is 11.6 Å². The van der Waals surface area contributed by atoms with Gasteiger partial charge in [0, 0.05) is 19.2 Å². The summed E-state index contributed by atoms with van der Waals surface area (Å²) in [6, 6.07) is 3.73. The molecule has 8 heteroatoms. The standard InChI is InChI=1S/C13H14N2O6/c1-21-11-6-9(15(19)20)2-3-10(11)12(16)14-5-4-8(7-14)13(17)18/h2-3,6,8H,4-5,7H2,1H3,(H,17,18). The average molecular weight is 294 g/mol. The van der Waals surface area contributed by atoms with E-state index >= 15 is 0 Å². The van der Waals surface area contributed by atoms with Gasteiger partial charge >= 0.3 is 5.97 Å². The van der Waals surface area contributed by atoms with Crippen LogP contribution in [0, 0.1) is 16.0 Å². The van der Waals surface area contributed by atoms with Crippen LogP contribution < -0.4 is 4.74 Å². The number of nitrogens with zero attached hydrogens (tertiary/aromatic N) is 2. The van der Waals surface area contributed by atoms with Crippen molar-refractivity contribution in [2.75, 3.05) is 20.2 Å². The zero-order valence-electron chi connectivity index (χ0n) is 11.3. The number of nitro groups is 1. The summed E-state index contributed by atoms with van der Waals surface area (Å²) in [5.74, 6) is -1.78. The highest BCUT2D eigenvalue weighted by Gasteiger charge is 2.32. The van der Waals surface area contributed by atoms with Crippen molar-refractivity contribution in [2.45, 2.75) is 6.42 Å². The van der Waals surface area contributed by atoms with E-state index in [0.717, 1.165) is 0 Å². The number of rotatable bonds is 4. The fourth-order valence-corrected chi connectivity index (χ4v) is 2.29. The summed E-state index contributed by atoms with van der Waals surface area (Å²) >= 11 is 0. The zero-order valence-corrected chi connectivity index (χ0v) is 11.3. The van der Waals surface area contributed by atoms with Crippen molar-refractivity contribution < 1.29 is 24.4 Å². The molecule has 8 nitrogen and oxygen atoms in total. The molecule has 1 unspecified atom stereocenters. The van der Waals surface area contributed by atoms with Gasteiger partial charge in [0.1, 0.15) is 5.75 Å². The van der Waals surface area contributed by atoms with Crippen molar-refractivity contribution in [2.24, 2.45) is 5.92 Å². The Morgan fingerprint density at radius 3 is 2.71 bits per heavy atom. The normalized spacial score (nSPS) is 17.6. The van der Waals surface area contributed by atoms with E-state index in [1.54, 1.807) is 0 Å². The lowest BCUT2D eigenvalue weighted by Crippen LogP contribution is -2.30. The molecule has 0 radical (unpaired) electrons. The Morgan fingerprint density at radius 2 is 2.19 bits per heavy atom. The number of hydrogen-bond acceptors (Lipinski definition) is 5. The molecule has 0 saturated carbocycles. The Bertz CT molecular complexity index is 600. The van der Waals surface area contributed by atoms with Gasteiger partial charge in [-0.1, -0.05) is 0 Å². The number of hydrogen-bond donors (Lipinski definition) is 1. The number of ether oxygens (including phenoxy) is 1. The Labute approximate surface area is 120 Å². The number of carboxylic acids is 1. The SMILES string of the molecule is COc1cc([N+](=O)[O-])ccc1C(=O)N1CCC(C(=O)O)C1. The van der Waals surface area contributed by atoms with Crippen LogP contribution in [0.2, 0.25) is 0 Å². The van der Waals surface area contributed by atoms with Crippen molar-refractivity contribution in [1.82, 2.24) is 4.90 Å². The maximum Gasteiger partial charge on any atom is 0.308 e. The minimum absolute atomic E-state index is 0.105. The first-order valence-corrected chi connectivity index (χ1v) is 6.28. The van der Waals surface area contributed by atoms with Gasteiger partial charge in [-0.15, -0.1) is 0 Å². The average Bonchev–Trinajstić information content (AvgIpc) is 2.95. The molecule has 1 N–H and O–H groups in total. The van der Waals surface area contributed by atoms with Gasteiger partial charge in [-0.2, -0.15) is 0 Å². The molecule has 0 aliphatic carbocycles. The van der Waals surface area contributed by atoms with Crippen LogP contribution in [0.25, 0.3) is 0 Å². The minimum atomic E-state index is -0.930. The lowest BCUT2D eigenvalue weighted by atomic mass is 10.1. The molecular formula is C13H14N2O6. The molecule has 1 amide bonds. The summed E-state index contributed by atoms with van der Waals surface area (Å²) < 4.78 is 5.02. The maximum absolute atomic E-state index is 12.4. The second-order valence-corrected chi connectivity index (χ2v) is 4.72. The molecule has 1 aliphatic rings. The predicted molar refractivity (Wildman–Crippen MR) is 71.3 cm³/mol. The molecular weight excluding hydrogens is 280 g/mol. The van der Waals surface area contributed by atoms with Crippen LogP contribution in [-0.2, 0) is 4.79 Å². The number of benzene rings is 1. The molecule has 1 atom stereocenters. The number of carboxylic acid groups (broad SMARTS) is 1. The third kappa shape index (κ3) is 2.93. The molecule has 0 aromatic heterocycles. The van der Waals surface area contributed by atoms with Gasteiger partial charge < -0.3 is 14.7 Å². The van der Waals surface area contributed by atoms with Crippen molar-refractivity contribution in [3.05, 3.63) is 33.9 Å². The van der Waals surface area contributed by atoms with Crippen LogP contribution in [0.4, 0.5) is 5.69 Å². The summed E-state index contributed by atoms with van der Waals surface area (Å²) in [6.45, 7) is 0.476. The van der Waals surface area contributed by atoms with Gasteiger partial charge in [-0.3, -0.25) is 19.7 Å². The lowest BCUT2D eigenvalue weighted by molar-refractivity contribution is -0.384. The van der Waals surface area contributed by atoms with Crippen LogP contribution in [0.5, 0.6) is 5.75 Å². The second kappa shape index (κ2) is 5.78. The quantitative estimate of drug-likeness (QED) is 0.659. The second-order valence-electron chi connectivity index (χ2n) is 4.72. The molecule has 1 aromatic carbocycles. The van der Waals surface area contributed by atoms with Gasteiger partial charge in [0.15, 0.2) is 0 Å². The van der Waals surface area contributed by atoms with E-state index in [4.69, 9.17) is 9.84 Å². The number of carbonyl (C=O) groups excluding carboxylic acids is 1.